The van der Waals surface area contributed by atoms with Crippen LogP contribution in [0.3, 0.4) is 0 Å². The van der Waals surface area contributed by atoms with Gasteiger partial charge in [0.2, 0.25) is 0 Å². The lowest BCUT2D eigenvalue weighted by atomic mass is 9.96. The summed E-state index contributed by atoms with van der Waals surface area (Å²) >= 11 is 0. The summed E-state index contributed by atoms with van der Waals surface area (Å²) in [5, 5.41) is 3.43. The number of hydrogen-bond donors (Lipinski definition) is 2. The van der Waals surface area contributed by atoms with E-state index in [4.69, 9.17) is 5.73 Å². The maximum Gasteiger partial charge on any atom is 0.130 e. The largest absolute Gasteiger partial charge is 0.363 e. The van der Waals surface area contributed by atoms with Gasteiger partial charge in [-0.1, -0.05) is 0 Å². The standard InChI is InChI=1S/C11H18N4/c1-8-5-10(14-7-13-8)15-11(2,6-12)9-3-4-9/h5,7,9H,3-4,6,12H2,1-2H3,(H,13,14,15). The number of rotatable bonds is 4. The number of hydrogen-bond acceptors (Lipinski definition) is 4. The molecule has 0 radical (unpaired) electrons. The quantitative estimate of drug-likeness (QED) is 0.780. The molecule has 4 nitrogen and oxygen atoms in total. The van der Waals surface area contributed by atoms with Crippen molar-refractivity contribution in [1.82, 2.24) is 9.97 Å². The Morgan fingerprint density at radius 1 is 1.53 bits per heavy atom. The van der Waals surface area contributed by atoms with Crippen LogP contribution in [0.4, 0.5) is 5.82 Å². The van der Waals surface area contributed by atoms with Gasteiger partial charge < -0.3 is 11.1 Å². The zero-order chi connectivity index (χ0) is 10.9. The molecular weight excluding hydrogens is 188 g/mol. The van der Waals surface area contributed by atoms with Crippen LogP contribution in [0.25, 0.3) is 0 Å². The Hall–Kier alpha value is -1.16. The SMILES string of the molecule is Cc1cc(NC(C)(CN)C2CC2)ncn1. The summed E-state index contributed by atoms with van der Waals surface area (Å²) in [7, 11) is 0. The summed E-state index contributed by atoms with van der Waals surface area (Å²) in [5.41, 5.74) is 6.79. The van der Waals surface area contributed by atoms with Gasteiger partial charge >= 0.3 is 0 Å². The Morgan fingerprint density at radius 3 is 2.80 bits per heavy atom. The second-order valence-electron chi connectivity index (χ2n) is 4.57. The van der Waals surface area contributed by atoms with E-state index in [0.717, 1.165) is 11.5 Å². The molecule has 4 heteroatoms. The molecule has 0 amide bonds. The van der Waals surface area contributed by atoms with Gasteiger partial charge in [-0.25, -0.2) is 9.97 Å². The number of aryl methyl sites for hydroxylation is 1. The van der Waals surface area contributed by atoms with Crippen LogP contribution in [0.15, 0.2) is 12.4 Å². The van der Waals surface area contributed by atoms with Crippen LogP contribution >= 0.6 is 0 Å². The molecule has 0 spiro atoms. The summed E-state index contributed by atoms with van der Waals surface area (Å²) in [6.45, 7) is 4.77. The Balaban J connectivity index is 2.12. The van der Waals surface area contributed by atoms with Crippen molar-refractivity contribution >= 4 is 5.82 Å². The summed E-state index contributed by atoms with van der Waals surface area (Å²) in [5.74, 6) is 1.57. The number of nitrogens with one attached hydrogen (secondary N) is 1. The number of nitrogens with zero attached hydrogens (tertiary/aromatic N) is 2. The first-order valence-electron chi connectivity index (χ1n) is 5.41. The highest BCUT2D eigenvalue weighted by Crippen LogP contribution is 2.40. The minimum atomic E-state index is -0.0131. The molecule has 0 bridgehead atoms. The van der Waals surface area contributed by atoms with Crippen LogP contribution in [0.5, 0.6) is 0 Å². The third kappa shape index (κ3) is 2.26. The average Bonchev–Trinajstić information content (AvgIpc) is 3.01. The molecule has 1 atom stereocenters. The van der Waals surface area contributed by atoms with Crippen molar-refractivity contribution < 1.29 is 0 Å². The molecule has 15 heavy (non-hydrogen) atoms. The van der Waals surface area contributed by atoms with Crippen LogP contribution < -0.4 is 11.1 Å². The molecule has 1 aliphatic carbocycles. The van der Waals surface area contributed by atoms with Crippen molar-refractivity contribution in [3.63, 3.8) is 0 Å². The van der Waals surface area contributed by atoms with Crippen molar-refractivity contribution in [2.45, 2.75) is 32.2 Å². The zero-order valence-corrected chi connectivity index (χ0v) is 9.33. The number of anilines is 1. The zero-order valence-electron chi connectivity index (χ0n) is 9.33. The first-order chi connectivity index (χ1) is 7.14. The van der Waals surface area contributed by atoms with E-state index in [-0.39, 0.29) is 5.54 Å². The van der Waals surface area contributed by atoms with E-state index in [1.54, 1.807) is 6.33 Å². The van der Waals surface area contributed by atoms with Gasteiger partial charge in [0.15, 0.2) is 0 Å². The molecule has 0 aliphatic heterocycles. The van der Waals surface area contributed by atoms with E-state index in [0.29, 0.717) is 12.5 Å². The predicted octanol–water partition coefficient (Wildman–Crippen LogP) is 1.32. The highest BCUT2D eigenvalue weighted by Gasteiger charge is 2.40. The van der Waals surface area contributed by atoms with Crippen molar-refractivity contribution in [2.24, 2.45) is 11.7 Å². The third-order valence-electron chi connectivity index (χ3n) is 3.12. The van der Waals surface area contributed by atoms with Crippen LogP contribution in [-0.2, 0) is 0 Å². The van der Waals surface area contributed by atoms with Crippen LogP contribution in [0.2, 0.25) is 0 Å². The molecule has 1 unspecified atom stereocenters. The Labute approximate surface area is 90.3 Å². The lowest BCUT2D eigenvalue weighted by Gasteiger charge is -2.30. The monoisotopic (exact) mass is 206 g/mol. The highest BCUT2D eigenvalue weighted by atomic mass is 15.1. The van der Waals surface area contributed by atoms with E-state index in [2.05, 4.69) is 22.2 Å². The molecule has 1 heterocycles. The molecule has 1 aliphatic rings. The maximum absolute atomic E-state index is 5.83. The third-order valence-corrected chi connectivity index (χ3v) is 3.12. The molecule has 1 aromatic rings. The molecule has 1 fully saturated rings. The van der Waals surface area contributed by atoms with Crippen molar-refractivity contribution in [3.8, 4) is 0 Å². The van der Waals surface area contributed by atoms with Gasteiger partial charge in [0.05, 0.1) is 5.54 Å². The minimum absolute atomic E-state index is 0.0131. The molecule has 1 saturated carbocycles. The van der Waals surface area contributed by atoms with Crippen molar-refractivity contribution in [2.75, 3.05) is 11.9 Å². The van der Waals surface area contributed by atoms with Gasteiger partial charge in [0, 0.05) is 18.3 Å². The molecular formula is C11H18N4. The number of aromatic nitrogens is 2. The summed E-state index contributed by atoms with van der Waals surface area (Å²) in [6, 6.07) is 1.95. The topological polar surface area (TPSA) is 63.8 Å². The van der Waals surface area contributed by atoms with Gasteiger partial charge in [-0.3, -0.25) is 0 Å². The smallest absolute Gasteiger partial charge is 0.130 e. The van der Waals surface area contributed by atoms with Crippen molar-refractivity contribution in [3.05, 3.63) is 18.1 Å². The normalized spacial score (nSPS) is 19.7. The molecule has 0 aromatic carbocycles. The van der Waals surface area contributed by atoms with E-state index in [1.807, 2.05) is 13.0 Å². The second kappa shape index (κ2) is 3.77. The first-order valence-corrected chi connectivity index (χ1v) is 5.41. The van der Waals surface area contributed by atoms with Gasteiger partial charge in [-0.2, -0.15) is 0 Å². The van der Waals surface area contributed by atoms with E-state index in [9.17, 15) is 0 Å². The van der Waals surface area contributed by atoms with E-state index >= 15 is 0 Å². The highest BCUT2D eigenvalue weighted by molar-refractivity contribution is 5.38. The maximum atomic E-state index is 5.83. The second-order valence-corrected chi connectivity index (χ2v) is 4.57. The van der Waals surface area contributed by atoms with Gasteiger partial charge in [0.25, 0.3) is 0 Å². The fraction of sp³-hybridized carbons (Fsp3) is 0.636. The lowest BCUT2D eigenvalue weighted by molar-refractivity contribution is 0.457. The lowest BCUT2D eigenvalue weighted by Crippen LogP contribution is -2.44. The van der Waals surface area contributed by atoms with Crippen LogP contribution in [-0.4, -0.2) is 22.1 Å². The van der Waals surface area contributed by atoms with Gasteiger partial charge in [-0.15, -0.1) is 0 Å². The number of nitrogens with two attached hydrogens (primary N) is 1. The van der Waals surface area contributed by atoms with Crippen molar-refractivity contribution in [1.29, 1.82) is 0 Å². The Morgan fingerprint density at radius 2 is 2.27 bits per heavy atom. The average molecular weight is 206 g/mol. The van der Waals surface area contributed by atoms with Gasteiger partial charge in [-0.05, 0) is 32.6 Å². The summed E-state index contributed by atoms with van der Waals surface area (Å²) in [6.07, 6.45) is 4.12. The fourth-order valence-corrected chi connectivity index (χ4v) is 1.86. The Kier molecular flexibility index (Phi) is 2.61. The molecule has 1 aromatic heterocycles. The van der Waals surface area contributed by atoms with Crippen LogP contribution in [0, 0.1) is 12.8 Å². The molecule has 0 saturated heterocycles. The molecule has 82 valence electrons. The molecule has 3 N–H and O–H groups in total. The fourth-order valence-electron chi connectivity index (χ4n) is 1.86. The Bertz CT molecular complexity index is 348. The minimum Gasteiger partial charge on any atom is -0.363 e. The predicted molar refractivity (Wildman–Crippen MR) is 60.6 cm³/mol. The first kappa shape index (κ1) is 10.4. The van der Waals surface area contributed by atoms with E-state index in [1.165, 1.54) is 12.8 Å². The summed E-state index contributed by atoms with van der Waals surface area (Å²) < 4.78 is 0. The van der Waals surface area contributed by atoms with Gasteiger partial charge in [0.1, 0.15) is 12.1 Å². The van der Waals surface area contributed by atoms with Crippen LogP contribution in [0.1, 0.15) is 25.5 Å². The molecule has 2 rings (SSSR count). The van der Waals surface area contributed by atoms with E-state index < -0.39 is 0 Å². The summed E-state index contributed by atoms with van der Waals surface area (Å²) in [4.78, 5) is 8.28.